The predicted octanol–water partition coefficient (Wildman–Crippen LogP) is 2.64. The lowest BCUT2D eigenvalue weighted by Gasteiger charge is -2.22. The standard InChI is InChI=1S/C22H24N4O3/c1-28-19-7-3-6-18(21(19)29-2)20(25-15-17-5-4-10-24-13-17)22(27)26-14-16-8-11-23-12-9-16/h3-13,20,25H,14-15H2,1-2H3,(H,26,27). The Morgan fingerprint density at radius 2 is 1.76 bits per heavy atom. The van der Waals surface area contributed by atoms with Crippen LogP contribution in [0.15, 0.2) is 67.3 Å². The lowest BCUT2D eigenvalue weighted by atomic mass is 10.0. The van der Waals surface area contributed by atoms with Gasteiger partial charge >= 0.3 is 0 Å². The molecule has 0 aliphatic rings. The predicted molar refractivity (Wildman–Crippen MR) is 109 cm³/mol. The zero-order valence-electron chi connectivity index (χ0n) is 16.5. The summed E-state index contributed by atoms with van der Waals surface area (Å²) < 4.78 is 10.9. The number of hydrogen-bond acceptors (Lipinski definition) is 6. The summed E-state index contributed by atoms with van der Waals surface area (Å²) in [5.74, 6) is 0.926. The smallest absolute Gasteiger partial charge is 0.242 e. The largest absolute Gasteiger partial charge is 0.493 e. The first-order valence-corrected chi connectivity index (χ1v) is 9.22. The van der Waals surface area contributed by atoms with Gasteiger partial charge in [-0.3, -0.25) is 20.1 Å². The maximum atomic E-state index is 13.1. The molecule has 0 aliphatic heterocycles. The van der Waals surface area contributed by atoms with Crippen molar-refractivity contribution in [3.05, 3.63) is 83.9 Å². The summed E-state index contributed by atoms with van der Waals surface area (Å²) >= 11 is 0. The van der Waals surface area contributed by atoms with Crippen molar-refractivity contribution in [1.82, 2.24) is 20.6 Å². The van der Waals surface area contributed by atoms with E-state index in [4.69, 9.17) is 9.47 Å². The van der Waals surface area contributed by atoms with E-state index in [1.807, 2.05) is 36.4 Å². The Hall–Kier alpha value is -3.45. The molecule has 1 unspecified atom stereocenters. The molecule has 7 nitrogen and oxygen atoms in total. The van der Waals surface area contributed by atoms with Gasteiger partial charge in [0.15, 0.2) is 11.5 Å². The average molecular weight is 392 g/mol. The zero-order valence-corrected chi connectivity index (χ0v) is 16.5. The number of pyridine rings is 2. The van der Waals surface area contributed by atoms with Crippen molar-refractivity contribution < 1.29 is 14.3 Å². The number of benzene rings is 1. The first-order valence-electron chi connectivity index (χ1n) is 9.22. The summed E-state index contributed by atoms with van der Waals surface area (Å²) in [6.45, 7) is 0.875. The van der Waals surface area contributed by atoms with Gasteiger partial charge in [0.1, 0.15) is 6.04 Å². The fourth-order valence-electron chi connectivity index (χ4n) is 3.00. The third-order valence-electron chi connectivity index (χ3n) is 4.46. The van der Waals surface area contributed by atoms with Crippen LogP contribution >= 0.6 is 0 Å². The number of carbonyl (C=O) groups excluding carboxylic acids is 1. The highest BCUT2D eigenvalue weighted by molar-refractivity contribution is 5.84. The van der Waals surface area contributed by atoms with Crippen molar-refractivity contribution in [1.29, 1.82) is 0 Å². The molecule has 0 aliphatic carbocycles. The Morgan fingerprint density at radius 3 is 2.45 bits per heavy atom. The van der Waals surface area contributed by atoms with E-state index in [0.29, 0.717) is 30.2 Å². The van der Waals surface area contributed by atoms with Crippen molar-refractivity contribution in [3.63, 3.8) is 0 Å². The van der Waals surface area contributed by atoms with Crippen LogP contribution in [-0.2, 0) is 17.9 Å². The highest BCUT2D eigenvalue weighted by Gasteiger charge is 2.25. The maximum Gasteiger partial charge on any atom is 0.242 e. The average Bonchev–Trinajstić information content (AvgIpc) is 2.79. The van der Waals surface area contributed by atoms with Gasteiger partial charge in [0.2, 0.25) is 5.91 Å². The molecule has 3 aromatic rings. The molecule has 2 aromatic heterocycles. The van der Waals surface area contributed by atoms with Crippen molar-refractivity contribution >= 4 is 5.91 Å². The molecular weight excluding hydrogens is 368 g/mol. The Bertz CT molecular complexity index is 920. The number of amides is 1. The number of methoxy groups -OCH3 is 2. The van der Waals surface area contributed by atoms with E-state index in [9.17, 15) is 4.79 Å². The molecule has 0 saturated heterocycles. The Labute approximate surface area is 170 Å². The van der Waals surface area contributed by atoms with E-state index in [1.165, 1.54) is 0 Å². The first-order chi connectivity index (χ1) is 14.2. The molecule has 1 atom stereocenters. The van der Waals surface area contributed by atoms with Gasteiger partial charge in [0, 0.05) is 43.4 Å². The number of hydrogen-bond donors (Lipinski definition) is 2. The van der Waals surface area contributed by atoms with Gasteiger partial charge in [-0.15, -0.1) is 0 Å². The van der Waals surface area contributed by atoms with Crippen LogP contribution in [0.1, 0.15) is 22.7 Å². The first kappa shape index (κ1) is 20.3. The summed E-state index contributed by atoms with van der Waals surface area (Å²) in [5.41, 5.74) is 2.64. The minimum absolute atomic E-state index is 0.169. The molecule has 0 fully saturated rings. The molecule has 1 aromatic carbocycles. The van der Waals surface area contributed by atoms with Crippen LogP contribution in [0.2, 0.25) is 0 Å². The van der Waals surface area contributed by atoms with E-state index in [0.717, 1.165) is 11.1 Å². The molecule has 7 heteroatoms. The molecule has 2 N–H and O–H groups in total. The van der Waals surface area contributed by atoms with Gasteiger partial charge in [0.05, 0.1) is 14.2 Å². The van der Waals surface area contributed by atoms with Gasteiger partial charge in [0.25, 0.3) is 0 Å². The van der Waals surface area contributed by atoms with Crippen molar-refractivity contribution in [2.45, 2.75) is 19.1 Å². The van der Waals surface area contributed by atoms with Crippen molar-refractivity contribution in [3.8, 4) is 11.5 Å². The van der Waals surface area contributed by atoms with Gasteiger partial charge in [-0.1, -0.05) is 18.2 Å². The Balaban J connectivity index is 1.84. The lowest BCUT2D eigenvalue weighted by molar-refractivity contribution is -0.123. The molecule has 0 saturated carbocycles. The number of nitrogens with zero attached hydrogens (tertiary/aromatic N) is 2. The van der Waals surface area contributed by atoms with E-state index in [-0.39, 0.29) is 5.91 Å². The molecule has 3 rings (SSSR count). The van der Waals surface area contributed by atoms with Gasteiger partial charge < -0.3 is 14.8 Å². The number of aromatic nitrogens is 2. The third-order valence-corrected chi connectivity index (χ3v) is 4.46. The fourth-order valence-corrected chi connectivity index (χ4v) is 3.00. The van der Waals surface area contributed by atoms with Gasteiger partial charge in [-0.25, -0.2) is 0 Å². The SMILES string of the molecule is COc1cccc(C(NCc2cccnc2)C(=O)NCc2ccncc2)c1OC. The normalized spacial score (nSPS) is 11.5. The minimum Gasteiger partial charge on any atom is -0.493 e. The number of carbonyl (C=O) groups is 1. The Morgan fingerprint density at radius 1 is 0.931 bits per heavy atom. The second-order valence-corrected chi connectivity index (χ2v) is 6.33. The van der Waals surface area contributed by atoms with Gasteiger partial charge in [-0.2, -0.15) is 0 Å². The summed E-state index contributed by atoms with van der Waals surface area (Å²) in [6.07, 6.45) is 6.88. The molecule has 150 valence electrons. The zero-order chi connectivity index (χ0) is 20.5. The van der Waals surface area contributed by atoms with Crippen molar-refractivity contribution in [2.24, 2.45) is 0 Å². The molecule has 29 heavy (non-hydrogen) atoms. The number of rotatable bonds is 9. The third kappa shape index (κ3) is 5.30. The number of para-hydroxylation sites is 1. The van der Waals surface area contributed by atoms with Crippen LogP contribution < -0.4 is 20.1 Å². The van der Waals surface area contributed by atoms with Gasteiger partial charge in [-0.05, 0) is 35.4 Å². The van der Waals surface area contributed by atoms with Crippen LogP contribution in [0.4, 0.5) is 0 Å². The fraction of sp³-hybridized carbons (Fsp3) is 0.227. The molecule has 0 radical (unpaired) electrons. The van der Waals surface area contributed by atoms with Crippen LogP contribution in [0.5, 0.6) is 11.5 Å². The summed E-state index contributed by atoms with van der Waals surface area (Å²) in [7, 11) is 3.14. The molecular formula is C22H24N4O3. The van der Waals surface area contributed by atoms with Crippen molar-refractivity contribution in [2.75, 3.05) is 14.2 Å². The second kappa shape index (κ2) is 10.2. The summed E-state index contributed by atoms with van der Waals surface area (Å²) in [6, 6.07) is 12.4. The highest BCUT2D eigenvalue weighted by Crippen LogP contribution is 2.34. The van der Waals surface area contributed by atoms with Crippen LogP contribution in [0, 0.1) is 0 Å². The van der Waals surface area contributed by atoms with E-state index in [1.54, 1.807) is 45.1 Å². The molecule has 0 bridgehead atoms. The highest BCUT2D eigenvalue weighted by atomic mass is 16.5. The number of ether oxygens (including phenoxy) is 2. The Kier molecular flexibility index (Phi) is 7.13. The molecule has 0 spiro atoms. The minimum atomic E-state index is -0.637. The van der Waals surface area contributed by atoms with E-state index < -0.39 is 6.04 Å². The molecule has 2 heterocycles. The number of nitrogens with one attached hydrogen (secondary N) is 2. The van der Waals surface area contributed by atoms with Crippen LogP contribution in [0.25, 0.3) is 0 Å². The summed E-state index contributed by atoms with van der Waals surface area (Å²) in [4.78, 5) is 21.2. The van der Waals surface area contributed by atoms with Crippen LogP contribution in [-0.4, -0.2) is 30.1 Å². The van der Waals surface area contributed by atoms with Crippen LogP contribution in [0.3, 0.4) is 0 Å². The summed E-state index contributed by atoms with van der Waals surface area (Å²) in [5, 5.41) is 6.30. The monoisotopic (exact) mass is 392 g/mol. The topological polar surface area (TPSA) is 85.4 Å². The molecule has 1 amide bonds. The maximum absolute atomic E-state index is 13.1. The van der Waals surface area contributed by atoms with E-state index >= 15 is 0 Å². The lowest BCUT2D eigenvalue weighted by Crippen LogP contribution is -2.37. The van der Waals surface area contributed by atoms with E-state index in [2.05, 4.69) is 20.6 Å². The second-order valence-electron chi connectivity index (χ2n) is 6.33. The quantitative estimate of drug-likeness (QED) is 0.582.